The molecule has 144 valence electrons. The van der Waals surface area contributed by atoms with Gasteiger partial charge < -0.3 is 24.6 Å². The standard InChI is InChI=1S/C21H18INO5/c1-26-18-6-10(5-12(22)21(18)25)19-11-7-16-17(28-9-27-16)8-14(11)23-13-3-2-4-15(24)20(13)19/h5-8,19,23,25H,2-4,9H2,1H3/t19-/m1/s1. The van der Waals surface area contributed by atoms with E-state index in [2.05, 4.69) is 27.9 Å². The number of hydrogen-bond donors (Lipinski definition) is 2. The Balaban J connectivity index is 1.75. The molecule has 2 aromatic carbocycles. The van der Waals surface area contributed by atoms with Crippen LogP contribution in [0.5, 0.6) is 23.0 Å². The van der Waals surface area contributed by atoms with Crippen molar-refractivity contribution < 1.29 is 24.1 Å². The Morgan fingerprint density at radius 1 is 1.18 bits per heavy atom. The van der Waals surface area contributed by atoms with Crippen molar-refractivity contribution in [3.05, 3.63) is 50.2 Å². The Kier molecular flexibility index (Phi) is 4.15. The van der Waals surface area contributed by atoms with Gasteiger partial charge in [0.25, 0.3) is 0 Å². The van der Waals surface area contributed by atoms with Crippen molar-refractivity contribution in [3.63, 3.8) is 0 Å². The second-order valence-corrected chi connectivity index (χ2v) is 8.24. The van der Waals surface area contributed by atoms with Crippen molar-refractivity contribution in [3.8, 4) is 23.0 Å². The summed E-state index contributed by atoms with van der Waals surface area (Å²) in [6.07, 6.45) is 2.22. The topological polar surface area (TPSA) is 77.0 Å². The monoisotopic (exact) mass is 491 g/mol. The lowest BCUT2D eigenvalue weighted by Gasteiger charge is -2.34. The van der Waals surface area contributed by atoms with Gasteiger partial charge in [-0.15, -0.1) is 0 Å². The molecule has 0 radical (unpaired) electrons. The number of Topliss-reactive ketones (excluding diaryl/α,β-unsaturated/α-hetero) is 1. The first-order chi connectivity index (χ1) is 13.6. The average Bonchev–Trinajstić information content (AvgIpc) is 3.14. The SMILES string of the molecule is COc1cc([C@H]2C3=C(CCCC3=O)Nc3cc4c(cc32)OCO4)cc(I)c1O. The van der Waals surface area contributed by atoms with Crippen LogP contribution in [0.2, 0.25) is 0 Å². The minimum Gasteiger partial charge on any atom is -0.504 e. The molecule has 6 nitrogen and oxygen atoms in total. The van der Waals surface area contributed by atoms with Crippen LogP contribution in [0, 0.1) is 3.57 Å². The number of phenolic OH excluding ortho intramolecular Hbond substituents is 1. The van der Waals surface area contributed by atoms with Gasteiger partial charge in [-0.2, -0.15) is 0 Å². The molecule has 2 N–H and O–H groups in total. The summed E-state index contributed by atoms with van der Waals surface area (Å²) in [5.74, 6) is 1.79. The molecule has 2 aromatic rings. The Labute approximate surface area is 175 Å². The molecule has 3 aliphatic rings. The molecule has 0 saturated carbocycles. The van der Waals surface area contributed by atoms with Crippen molar-refractivity contribution in [2.45, 2.75) is 25.2 Å². The molecule has 28 heavy (non-hydrogen) atoms. The van der Waals surface area contributed by atoms with Crippen molar-refractivity contribution >= 4 is 34.1 Å². The molecule has 0 bridgehead atoms. The zero-order valence-corrected chi connectivity index (χ0v) is 17.3. The van der Waals surface area contributed by atoms with Gasteiger partial charge >= 0.3 is 0 Å². The highest BCUT2D eigenvalue weighted by molar-refractivity contribution is 14.1. The second-order valence-electron chi connectivity index (χ2n) is 7.07. The number of rotatable bonds is 2. The quantitative estimate of drug-likeness (QED) is 0.611. The Bertz CT molecular complexity index is 1050. The van der Waals surface area contributed by atoms with Crippen LogP contribution < -0.4 is 19.5 Å². The minimum atomic E-state index is -0.253. The number of phenols is 1. The summed E-state index contributed by atoms with van der Waals surface area (Å²) < 4.78 is 17.2. The summed E-state index contributed by atoms with van der Waals surface area (Å²) in [6, 6.07) is 7.62. The number of halogens is 1. The van der Waals surface area contributed by atoms with Crippen LogP contribution in [0.4, 0.5) is 5.69 Å². The van der Waals surface area contributed by atoms with Gasteiger partial charge in [-0.05, 0) is 64.8 Å². The largest absolute Gasteiger partial charge is 0.504 e. The van der Waals surface area contributed by atoms with Gasteiger partial charge in [-0.25, -0.2) is 0 Å². The maximum atomic E-state index is 12.9. The third kappa shape index (κ3) is 2.63. The van der Waals surface area contributed by atoms with Gasteiger partial charge in [-0.1, -0.05) is 0 Å². The van der Waals surface area contributed by atoms with E-state index < -0.39 is 0 Å². The Morgan fingerprint density at radius 3 is 2.75 bits per heavy atom. The number of ether oxygens (including phenoxy) is 3. The zero-order valence-electron chi connectivity index (χ0n) is 15.2. The number of aromatic hydroxyl groups is 1. The molecular weight excluding hydrogens is 473 g/mol. The van der Waals surface area contributed by atoms with E-state index in [0.717, 1.165) is 40.9 Å². The van der Waals surface area contributed by atoms with E-state index in [9.17, 15) is 9.90 Å². The van der Waals surface area contributed by atoms with Crippen LogP contribution in [0.1, 0.15) is 36.3 Å². The third-order valence-corrected chi connectivity index (χ3v) is 6.31. The summed E-state index contributed by atoms with van der Waals surface area (Å²) in [4.78, 5) is 12.9. The van der Waals surface area contributed by atoms with E-state index >= 15 is 0 Å². The first-order valence-electron chi connectivity index (χ1n) is 9.10. The molecule has 0 saturated heterocycles. The highest BCUT2D eigenvalue weighted by Crippen LogP contribution is 2.50. The summed E-state index contributed by atoms with van der Waals surface area (Å²) in [7, 11) is 1.53. The van der Waals surface area contributed by atoms with Crippen LogP contribution in [0.3, 0.4) is 0 Å². The number of anilines is 1. The van der Waals surface area contributed by atoms with E-state index in [1.807, 2.05) is 24.3 Å². The molecule has 0 fully saturated rings. The molecule has 2 heterocycles. The lowest BCUT2D eigenvalue weighted by Crippen LogP contribution is -2.27. The van der Waals surface area contributed by atoms with E-state index in [1.165, 1.54) is 7.11 Å². The number of carbonyl (C=O) groups is 1. The van der Waals surface area contributed by atoms with Crippen molar-refractivity contribution in [2.24, 2.45) is 0 Å². The minimum absolute atomic E-state index is 0.107. The van der Waals surface area contributed by atoms with Gasteiger partial charge in [0.2, 0.25) is 6.79 Å². The number of carbonyl (C=O) groups excluding carboxylic acids is 1. The number of hydrogen-bond acceptors (Lipinski definition) is 6. The van der Waals surface area contributed by atoms with Crippen molar-refractivity contribution in [1.29, 1.82) is 0 Å². The maximum absolute atomic E-state index is 12.9. The van der Waals surface area contributed by atoms with Crippen LogP contribution >= 0.6 is 22.6 Å². The predicted molar refractivity (Wildman–Crippen MR) is 111 cm³/mol. The maximum Gasteiger partial charge on any atom is 0.231 e. The highest BCUT2D eigenvalue weighted by atomic mass is 127. The number of nitrogens with one attached hydrogen (secondary N) is 1. The second kappa shape index (κ2) is 6.58. The zero-order chi connectivity index (χ0) is 19.4. The molecule has 0 amide bonds. The van der Waals surface area contributed by atoms with Gasteiger partial charge in [0.05, 0.1) is 10.7 Å². The molecule has 7 heteroatoms. The van der Waals surface area contributed by atoms with E-state index in [0.29, 0.717) is 27.2 Å². The highest BCUT2D eigenvalue weighted by Gasteiger charge is 2.37. The molecule has 1 aliphatic carbocycles. The molecule has 0 aromatic heterocycles. The molecule has 2 aliphatic heterocycles. The molecule has 0 unspecified atom stereocenters. The smallest absolute Gasteiger partial charge is 0.231 e. The number of benzene rings is 2. The molecule has 1 atom stereocenters. The van der Waals surface area contributed by atoms with E-state index in [-0.39, 0.29) is 24.2 Å². The van der Waals surface area contributed by atoms with E-state index in [4.69, 9.17) is 14.2 Å². The fourth-order valence-electron chi connectivity index (χ4n) is 4.21. The van der Waals surface area contributed by atoms with Crippen LogP contribution in [-0.2, 0) is 4.79 Å². The number of ketones is 1. The first-order valence-corrected chi connectivity index (χ1v) is 10.2. The fourth-order valence-corrected chi connectivity index (χ4v) is 4.84. The lowest BCUT2D eigenvalue weighted by atomic mass is 9.75. The van der Waals surface area contributed by atoms with Gasteiger partial charge in [0, 0.05) is 35.4 Å². The first kappa shape index (κ1) is 17.7. The van der Waals surface area contributed by atoms with Crippen LogP contribution in [0.25, 0.3) is 0 Å². The average molecular weight is 491 g/mol. The molecule has 0 spiro atoms. The van der Waals surface area contributed by atoms with Gasteiger partial charge in [0.15, 0.2) is 28.8 Å². The summed E-state index contributed by atoms with van der Waals surface area (Å²) in [5.41, 5.74) is 4.55. The summed E-state index contributed by atoms with van der Waals surface area (Å²) in [5, 5.41) is 13.7. The van der Waals surface area contributed by atoms with Crippen molar-refractivity contribution in [2.75, 3.05) is 19.2 Å². The summed E-state index contributed by atoms with van der Waals surface area (Å²) >= 11 is 2.09. The lowest BCUT2D eigenvalue weighted by molar-refractivity contribution is -0.116. The molecule has 5 rings (SSSR count). The fraction of sp³-hybridized carbons (Fsp3) is 0.286. The van der Waals surface area contributed by atoms with Crippen LogP contribution in [-0.4, -0.2) is 24.8 Å². The number of methoxy groups -OCH3 is 1. The Hall–Kier alpha value is -2.42. The van der Waals surface area contributed by atoms with Gasteiger partial charge in [-0.3, -0.25) is 4.79 Å². The summed E-state index contributed by atoms with van der Waals surface area (Å²) in [6.45, 7) is 0.194. The van der Waals surface area contributed by atoms with Crippen molar-refractivity contribution in [1.82, 2.24) is 0 Å². The predicted octanol–water partition coefficient (Wildman–Crippen LogP) is 4.30. The third-order valence-electron chi connectivity index (χ3n) is 5.49. The molecular formula is C21H18INO5. The number of allylic oxidation sites excluding steroid dienone is 2. The Morgan fingerprint density at radius 2 is 1.96 bits per heavy atom. The van der Waals surface area contributed by atoms with Crippen LogP contribution in [0.15, 0.2) is 35.5 Å². The van der Waals surface area contributed by atoms with E-state index in [1.54, 1.807) is 0 Å². The normalized spacial score (nSPS) is 19.8. The number of fused-ring (bicyclic) bond motifs is 2. The van der Waals surface area contributed by atoms with Gasteiger partial charge in [0.1, 0.15) is 0 Å².